The molecule has 1 aliphatic heterocycles. The summed E-state index contributed by atoms with van der Waals surface area (Å²) < 4.78 is 7.51. The van der Waals surface area contributed by atoms with Gasteiger partial charge in [0.05, 0.1) is 23.4 Å². The maximum Gasteiger partial charge on any atom is 0.271 e. The van der Waals surface area contributed by atoms with Gasteiger partial charge in [0.25, 0.3) is 5.56 Å². The largest absolute Gasteiger partial charge is 0.504 e. The Morgan fingerprint density at radius 1 is 1.11 bits per heavy atom. The highest BCUT2D eigenvalue weighted by Crippen LogP contribution is 2.43. The van der Waals surface area contributed by atoms with Crippen LogP contribution in [0.15, 0.2) is 76.0 Å². The van der Waals surface area contributed by atoms with Gasteiger partial charge in [-0.1, -0.05) is 70.9 Å². The highest BCUT2D eigenvalue weighted by Gasteiger charge is 2.33. The van der Waals surface area contributed by atoms with Gasteiger partial charge in [-0.25, -0.2) is 4.99 Å². The van der Waals surface area contributed by atoms with Gasteiger partial charge >= 0.3 is 0 Å². The molecule has 0 fully saturated rings. The van der Waals surface area contributed by atoms with E-state index in [4.69, 9.17) is 32.9 Å². The van der Waals surface area contributed by atoms with Crippen LogP contribution < -0.4 is 19.6 Å². The lowest BCUT2D eigenvalue weighted by molar-refractivity contribution is 0.373. The Kier molecular flexibility index (Phi) is 5.75. The van der Waals surface area contributed by atoms with Crippen molar-refractivity contribution in [2.75, 3.05) is 7.11 Å². The van der Waals surface area contributed by atoms with Gasteiger partial charge in [-0.2, -0.15) is 0 Å². The summed E-state index contributed by atoms with van der Waals surface area (Å²) in [6.45, 7) is 0. The van der Waals surface area contributed by atoms with Gasteiger partial charge in [0.15, 0.2) is 16.3 Å². The highest BCUT2D eigenvalue weighted by molar-refractivity contribution is 7.07. The smallest absolute Gasteiger partial charge is 0.271 e. The van der Waals surface area contributed by atoms with Crippen LogP contribution in [0, 0.1) is 0 Å². The molecule has 2 aliphatic rings. The third kappa shape index (κ3) is 3.77. The first-order valence-electron chi connectivity index (χ1n) is 11.4. The molecule has 2 heterocycles. The summed E-state index contributed by atoms with van der Waals surface area (Å²) in [5, 5.41) is 11.0. The molecule has 1 unspecified atom stereocenters. The molecule has 0 spiro atoms. The third-order valence-corrected chi connectivity index (χ3v) is 8.18. The molecule has 4 aromatic rings. The minimum Gasteiger partial charge on any atom is -0.504 e. The lowest BCUT2D eigenvalue weighted by Gasteiger charge is -2.31. The summed E-state index contributed by atoms with van der Waals surface area (Å²) in [6.07, 6.45) is 3.44. The molecule has 1 aromatic heterocycles. The zero-order valence-electron chi connectivity index (χ0n) is 19.2. The quantitative estimate of drug-likeness (QED) is 0.385. The molecule has 36 heavy (non-hydrogen) atoms. The fourth-order valence-corrected chi connectivity index (χ4v) is 6.47. The molecule has 1 N–H and O–H groups in total. The van der Waals surface area contributed by atoms with Crippen LogP contribution in [0.2, 0.25) is 10.0 Å². The van der Waals surface area contributed by atoms with Crippen LogP contribution in [0.1, 0.15) is 34.7 Å². The van der Waals surface area contributed by atoms with Gasteiger partial charge in [0.1, 0.15) is 0 Å². The number of fused-ring (bicyclic) bond motifs is 3. The molecule has 1 atom stereocenters. The minimum atomic E-state index is -0.383. The maximum absolute atomic E-state index is 13.8. The molecule has 0 bridgehead atoms. The molecule has 3 aromatic carbocycles. The number of phenolic OH excluding ortho intramolecular Hbond substituents is 1. The summed E-state index contributed by atoms with van der Waals surface area (Å²) >= 11 is 14.2. The van der Waals surface area contributed by atoms with Gasteiger partial charge in [-0.15, -0.1) is 0 Å². The van der Waals surface area contributed by atoms with E-state index in [1.54, 1.807) is 41.0 Å². The van der Waals surface area contributed by atoms with Crippen LogP contribution in [0.25, 0.3) is 11.8 Å². The normalized spacial score (nSPS) is 16.8. The van der Waals surface area contributed by atoms with Gasteiger partial charge in [0.2, 0.25) is 0 Å². The summed E-state index contributed by atoms with van der Waals surface area (Å²) in [4.78, 5) is 19.5. The number of aromatic hydroxyl groups is 1. The maximum atomic E-state index is 13.8. The molecular formula is C28H20Cl2N2O3S. The highest BCUT2D eigenvalue weighted by atomic mass is 35.5. The molecule has 0 saturated carbocycles. The molecule has 0 saturated heterocycles. The molecule has 0 radical (unpaired) electrons. The van der Waals surface area contributed by atoms with E-state index in [0.717, 1.165) is 40.8 Å². The first-order chi connectivity index (χ1) is 17.4. The van der Waals surface area contributed by atoms with E-state index in [9.17, 15) is 9.90 Å². The standard InChI is InChI=1S/C28H20Cl2N2O3S/c1-35-23-12-15(6-11-22(23)33)13-24-27(34)32-26(19-10-8-17(29)14-21(19)30)20-9-7-16-4-2-3-5-18(16)25(20)31-28(32)36-24/h2-6,8,10-14,26,33H,7,9H2,1H3. The van der Waals surface area contributed by atoms with Crippen molar-refractivity contribution in [1.82, 2.24) is 4.57 Å². The number of benzene rings is 3. The molecule has 1 aliphatic carbocycles. The van der Waals surface area contributed by atoms with E-state index >= 15 is 0 Å². The average molecular weight is 535 g/mol. The van der Waals surface area contributed by atoms with Crippen molar-refractivity contribution in [3.8, 4) is 11.5 Å². The number of thiazole rings is 1. The number of allylic oxidation sites excluding steroid dienone is 1. The van der Waals surface area contributed by atoms with E-state index in [1.165, 1.54) is 24.0 Å². The van der Waals surface area contributed by atoms with Crippen molar-refractivity contribution in [1.29, 1.82) is 0 Å². The summed E-state index contributed by atoms with van der Waals surface area (Å²) in [7, 11) is 1.49. The monoisotopic (exact) mass is 534 g/mol. The molecule has 8 heteroatoms. The number of ether oxygens (including phenoxy) is 1. The van der Waals surface area contributed by atoms with E-state index in [1.807, 2.05) is 18.2 Å². The Morgan fingerprint density at radius 2 is 1.94 bits per heavy atom. The Morgan fingerprint density at radius 3 is 2.75 bits per heavy atom. The van der Waals surface area contributed by atoms with Crippen molar-refractivity contribution in [2.45, 2.75) is 18.9 Å². The zero-order chi connectivity index (χ0) is 25.0. The summed E-state index contributed by atoms with van der Waals surface area (Å²) in [6, 6.07) is 18.3. The second kappa shape index (κ2) is 8.96. The predicted molar refractivity (Wildman–Crippen MR) is 144 cm³/mol. The van der Waals surface area contributed by atoms with Gasteiger partial charge in [-0.05, 0) is 65.4 Å². The van der Waals surface area contributed by atoms with Crippen molar-refractivity contribution in [2.24, 2.45) is 4.99 Å². The molecule has 5 nitrogen and oxygen atoms in total. The van der Waals surface area contributed by atoms with E-state index in [0.29, 0.717) is 25.1 Å². The van der Waals surface area contributed by atoms with Crippen molar-refractivity contribution in [3.05, 3.63) is 118 Å². The molecule has 180 valence electrons. The van der Waals surface area contributed by atoms with Crippen molar-refractivity contribution >= 4 is 46.3 Å². The number of rotatable bonds is 3. The number of halogens is 2. The fraction of sp³-hybridized carbons (Fsp3) is 0.143. The Labute approximate surface area is 220 Å². The lowest BCUT2D eigenvalue weighted by atomic mass is 9.83. The Hall–Kier alpha value is -3.32. The SMILES string of the molecule is COc1cc(C=c2sc3n(c2=O)C(c2ccc(Cl)cc2Cl)C2=C(N=3)c3ccccc3CC2)ccc1O. The van der Waals surface area contributed by atoms with Crippen molar-refractivity contribution in [3.63, 3.8) is 0 Å². The van der Waals surface area contributed by atoms with Gasteiger partial charge in [0, 0.05) is 15.6 Å². The van der Waals surface area contributed by atoms with E-state index in [2.05, 4.69) is 12.1 Å². The molecule has 0 amide bonds. The van der Waals surface area contributed by atoms with Crippen LogP contribution in [0.5, 0.6) is 11.5 Å². The van der Waals surface area contributed by atoms with Gasteiger partial charge in [-0.3, -0.25) is 9.36 Å². The molecular weight excluding hydrogens is 515 g/mol. The van der Waals surface area contributed by atoms with Crippen LogP contribution >= 0.6 is 34.5 Å². The first-order valence-corrected chi connectivity index (χ1v) is 13.0. The number of methoxy groups -OCH3 is 1. The predicted octanol–water partition coefficient (Wildman–Crippen LogP) is 5.34. The number of aromatic nitrogens is 1. The summed E-state index contributed by atoms with van der Waals surface area (Å²) in [5.41, 5.74) is 5.74. The Bertz CT molecular complexity index is 1750. The number of phenols is 1. The number of aryl methyl sites for hydroxylation is 1. The fourth-order valence-electron chi connectivity index (χ4n) is 4.96. The average Bonchev–Trinajstić information content (AvgIpc) is 3.18. The topological polar surface area (TPSA) is 63.8 Å². The number of nitrogens with zero attached hydrogens (tertiary/aromatic N) is 2. The summed E-state index contributed by atoms with van der Waals surface area (Å²) in [5.74, 6) is 0.384. The number of hydrogen-bond acceptors (Lipinski definition) is 5. The first kappa shape index (κ1) is 23.1. The minimum absolute atomic E-state index is 0.0415. The lowest BCUT2D eigenvalue weighted by Crippen LogP contribution is -2.38. The Balaban J connectivity index is 1.62. The second-order valence-electron chi connectivity index (χ2n) is 8.71. The molecule has 6 rings (SSSR count). The van der Waals surface area contributed by atoms with Crippen LogP contribution in [0.4, 0.5) is 0 Å². The van der Waals surface area contributed by atoms with Gasteiger partial charge < -0.3 is 9.84 Å². The van der Waals surface area contributed by atoms with Crippen LogP contribution in [0.3, 0.4) is 0 Å². The van der Waals surface area contributed by atoms with Crippen LogP contribution in [-0.4, -0.2) is 16.8 Å². The third-order valence-electron chi connectivity index (χ3n) is 6.63. The second-order valence-corrected chi connectivity index (χ2v) is 10.6. The number of hydrogen-bond donors (Lipinski definition) is 1. The van der Waals surface area contributed by atoms with Crippen LogP contribution in [-0.2, 0) is 6.42 Å². The van der Waals surface area contributed by atoms with E-state index in [-0.39, 0.29) is 17.4 Å². The zero-order valence-corrected chi connectivity index (χ0v) is 21.5. The van der Waals surface area contributed by atoms with E-state index < -0.39 is 0 Å². The van der Waals surface area contributed by atoms with Crippen molar-refractivity contribution < 1.29 is 9.84 Å².